The molecule has 1 saturated heterocycles. The molecule has 2 aliphatic heterocycles. The number of imidazole rings is 1. The third-order valence-electron chi connectivity index (χ3n) is 5.88. The molecule has 2 aliphatic rings. The zero-order valence-corrected chi connectivity index (χ0v) is 18.6. The minimum atomic E-state index is 0. The van der Waals surface area contributed by atoms with Crippen LogP contribution in [0.4, 0.5) is 0 Å². The van der Waals surface area contributed by atoms with Crippen molar-refractivity contribution in [1.29, 1.82) is 0 Å². The van der Waals surface area contributed by atoms with Gasteiger partial charge in [0.15, 0.2) is 5.82 Å². The Morgan fingerprint density at radius 3 is 2.70 bits per heavy atom. The molecule has 1 fully saturated rings. The lowest BCUT2D eigenvalue weighted by atomic mass is 9.89. The molecule has 0 radical (unpaired) electrons. The smallest absolute Gasteiger partial charge is 0.178 e. The quantitative estimate of drug-likeness (QED) is 0.683. The van der Waals surface area contributed by atoms with E-state index >= 15 is 0 Å². The minimum Gasteiger partial charge on any atom is -0.491 e. The normalized spacial score (nSPS) is 16.4. The van der Waals surface area contributed by atoms with Crippen molar-refractivity contribution in [2.24, 2.45) is 0 Å². The molecule has 3 aromatic rings. The van der Waals surface area contributed by atoms with Crippen molar-refractivity contribution in [3.63, 3.8) is 0 Å². The van der Waals surface area contributed by atoms with Crippen molar-refractivity contribution < 1.29 is 4.74 Å². The number of aryl methyl sites for hydroxylation is 1. The van der Waals surface area contributed by atoms with Crippen LogP contribution in [0.25, 0.3) is 22.9 Å². The molecular weight excluding hydrogens is 400 g/mol. The number of benzene rings is 1. The zero-order valence-electron chi connectivity index (χ0n) is 17.8. The lowest BCUT2D eigenvalue weighted by molar-refractivity contribution is 0.306. The van der Waals surface area contributed by atoms with Crippen LogP contribution in [0.3, 0.4) is 0 Å². The van der Waals surface area contributed by atoms with Crippen molar-refractivity contribution >= 4 is 12.4 Å². The molecule has 5 rings (SSSR count). The zero-order chi connectivity index (χ0) is 20.0. The van der Waals surface area contributed by atoms with Crippen molar-refractivity contribution in [3.8, 4) is 28.7 Å². The number of piperidine rings is 1. The Labute approximate surface area is 183 Å². The molecule has 1 aromatic carbocycles. The first-order chi connectivity index (χ1) is 14.1. The number of ether oxygens (including phenoxy) is 1. The Kier molecular flexibility index (Phi) is 5.84. The molecule has 1 N–H and O–H groups in total. The van der Waals surface area contributed by atoms with Gasteiger partial charge >= 0.3 is 0 Å². The highest BCUT2D eigenvalue weighted by Crippen LogP contribution is 2.37. The summed E-state index contributed by atoms with van der Waals surface area (Å²) in [5.74, 6) is 4.09. The van der Waals surface area contributed by atoms with Crippen LogP contribution >= 0.6 is 12.4 Å². The maximum absolute atomic E-state index is 6.12. The van der Waals surface area contributed by atoms with Gasteiger partial charge in [-0.05, 0) is 70.3 Å². The predicted octanol–water partition coefficient (Wildman–Crippen LogP) is 3.98. The highest BCUT2D eigenvalue weighted by molar-refractivity contribution is 5.85. The van der Waals surface area contributed by atoms with Gasteiger partial charge < -0.3 is 14.6 Å². The van der Waals surface area contributed by atoms with Crippen LogP contribution in [0.1, 0.15) is 50.0 Å². The maximum Gasteiger partial charge on any atom is 0.178 e. The summed E-state index contributed by atoms with van der Waals surface area (Å²) in [6.07, 6.45) is 4.44. The van der Waals surface area contributed by atoms with Crippen LogP contribution in [0, 0.1) is 6.92 Å². The second-order valence-corrected chi connectivity index (χ2v) is 8.29. The van der Waals surface area contributed by atoms with Gasteiger partial charge in [0.1, 0.15) is 29.7 Å². The summed E-state index contributed by atoms with van der Waals surface area (Å²) >= 11 is 0. The first-order valence-corrected chi connectivity index (χ1v) is 10.6. The average molecular weight is 429 g/mol. The van der Waals surface area contributed by atoms with E-state index in [0.717, 1.165) is 54.1 Å². The standard InChI is InChI=1S/C22H28N6O.ClH/c1-14(2)28-22(24-15(3)26-28)19-13-27-10-11-29-20-12-17(16-6-8-23-9-7-16)4-5-18(20)21(27)25-19;/h4-5,12-14,16,23H,6-11H2,1-3H3;1H. The van der Waals surface area contributed by atoms with E-state index in [4.69, 9.17) is 9.72 Å². The number of rotatable bonds is 3. The van der Waals surface area contributed by atoms with Crippen LogP contribution in [-0.4, -0.2) is 44.0 Å². The SMILES string of the molecule is Cc1nc(-c2cn3c(n2)-c2ccc(C4CCNCC4)cc2OCC3)n(C(C)C)n1.Cl. The molecular formula is C22H29ClN6O. The second-order valence-electron chi connectivity index (χ2n) is 8.29. The Morgan fingerprint density at radius 1 is 1.13 bits per heavy atom. The second kappa shape index (κ2) is 8.40. The predicted molar refractivity (Wildman–Crippen MR) is 119 cm³/mol. The number of hydrogen-bond acceptors (Lipinski definition) is 5. The summed E-state index contributed by atoms with van der Waals surface area (Å²) in [4.78, 5) is 9.61. The molecule has 0 spiro atoms. The number of fused-ring (bicyclic) bond motifs is 3. The molecule has 0 atom stereocenters. The number of nitrogens with one attached hydrogen (secondary N) is 1. The molecule has 4 heterocycles. The van der Waals surface area contributed by atoms with E-state index in [2.05, 4.69) is 58.2 Å². The van der Waals surface area contributed by atoms with Crippen molar-refractivity contribution in [2.45, 2.75) is 52.1 Å². The lowest BCUT2D eigenvalue weighted by Gasteiger charge is -2.23. The van der Waals surface area contributed by atoms with Gasteiger partial charge in [-0.2, -0.15) is 5.10 Å². The third kappa shape index (κ3) is 3.72. The molecule has 0 bridgehead atoms. The van der Waals surface area contributed by atoms with Crippen LogP contribution in [0.15, 0.2) is 24.4 Å². The van der Waals surface area contributed by atoms with E-state index < -0.39 is 0 Å². The molecule has 0 unspecified atom stereocenters. The van der Waals surface area contributed by atoms with Crippen LogP contribution in [0.2, 0.25) is 0 Å². The van der Waals surface area contributed by atoms with E-state index in [1.807, 2.05) is 11.6 Å². The molecule has 8 heteroatoms. The summed E-state index contributed by atoms with van der Waals surface area (Å²) < 4.78 is 10.3. The number of aromatic nitrogens is 5. The molecule has 0 amide bonds. The molecule has 30 heavy (non-hydrogen) atoms. The summed E-state index contributed by atoms with van der Waals surface area (Å²) in [5, 5.41) is 7.99. The number of halogens is 1. The van der Waals surface area contributed by atoms with Crippen molar-refractivity contribution in [1.82, 2.24) is 29.6 Å². The Bertz CT molecular complexity index is 1030. The maximum atomic E-state index is 6.12. The van der Waals surface area contributed by atoms with E-state index in [9.17, 15) is 0 Å². The van der Waals surface area contributed by atoms with E-state index in [1.54, 1.807) is 0 Å². The first-order valence-electron chi connectivity index (χ1n) is 10.6. The minimum absolute atomic E-state index is 0. The van der Waals surface area contributed by atoms with Crippen LogP contribution in [-0.2, 0) is 6.54 Å². The summed E-state index contributed by atoms with van der Waals surface area (Å²) in [6.45, 7) is 9.75. The van der Waals surface area contributed by atoms with Gasteiger partial charge in [0.25, 0.3) is 0 Å². The average Bonchev–Trinajstić information content (AvgIpc) is 3.28. The van der Waals surface area contributed by atoms with Crippen LogP contribution < -0.4 is 10.1 Å². The number of nitrogens with zero attached hydrogens (tertiary/aromatic N) is 5. The fourth-order valence-electron chi connectivity index (χ4n) is 4.38. The fraction of sp³-hybridized carbons (Fsp3) is 0.500. The van der Waals surface area contributed by atoms with Gasteiger partial charge in [-0.1, -0.05) is 6.07 Å². The summed E-state index contributed by atoms with van der Waals surface area (Å²) in [6, 6.07) is 6.90. The molecule has 160 valence electrons. The van der Waals surface area contributed by atoms with E-state index in [-0.39, 0.29) is 18.4 Å². The highest BCUT2D eigenvalue weighted by atomic mass is 35.5. The van der Waals surface area contributed by atoms with E-state index in [0.29, 0.717) is 12.5 Å². The van der Waals surface area contributed by atoms with E-state index in [1.165, 1.54) is 18.4 Å². The Hall–Kier alpha value is -2.38. The van der Waals surface area contributed by atoms with Gasteiger partial charge in [-0.25, -0.2) is 14.6 Å². The van der Waals surface area contributed by atoms with Gasteiger partial charge in [0.2, 0.25) is 0 Å². The van der Waals surface area contributed by atoms with Gasteiger partial charge in [-0.15, -0.1) is 12.4 Å². The topological polar surface area (TPSA) is 69.8 Å². The lowest BCUT2D eigenvalue weighted by Crippen LogP contribution is -2.26. The summed E-state index contributed by atoms with van der Waals surface area (Å²) in [7, 11) is 0. The Balaban J connectivity index is 0.00000218. The highest BCUT2D eigenvalue weighted by Gasteiger charge is 2.24. The largest absolute Gasteiger partial charge is 0.491 e. The van der Waals surface area contributed by atoms with Gasteiger partial charge in [0, 0.05) is 12.2 Å². The molecule has 0 saturated carbocycles. The summed E-state index contributed by atoms with van der Waals surface area (Å²) in [5.41, 5.74) is 3.30. The first kappa shape index (κ1) is 20.9. The van der Waals surface area contributed by atoms with Crippen molar-refractivity contribution in [3.05, 3.63) is 35.8 Å². The molecule has 2 aromatic heterocycles. The van der Waals surface area contributed by atoms with Crippen LogP contribution in [0.5, 0.6) is 5.75 Å². The van der Waals surface area contributed by atoms with Crippen molar-refractivity contribution in [2.75, 3.05) is 19.7 Å². The molecule has 7 nitrogen and oxygen atoms in total. The van der Waals surface area contributed by atoms with Gasteiger partial charge in [-0.3, -0.25) is 0 Å². The molecule has 0 aliphatic carbocycles. The fourth-order valence-corrected chi connectivity index (χ4v) is 4.38. The number of hydrogen-bond donors (Lipinski definition) is 1. The third-order valence-corrected chi connectivity index (χ3v) is 5.88. The Morgan fingerprint density at radius 2 is 1.93 bits per heavy atom. The van der Waals surface area contributed by atoms with Gasteiger partial charge in [0.05, 0.1) is 12.1 Å². The monoisotopic (exact) mass is 428 g/mol.